The number of sulfone groups is 1. The van der Waals surface area contributed by atoms with Crippen LogP contribution in [0.4, 0.5) is 0 Å². The van der Waals surface area contributed by atoms with Crippen LogP contribution >= 0.6 is 12.4 Å². The third-order valence-electron chi connectivity index (χ3n) is 5.09. The highest BCUT2D eigenvalue weighted by Gasteiger charge is 2.36. The number of halogens is 1. The largest absolute Gasteiger partial charge is 0.334 e. The second kappa shape index (κ2) is 7.07. The van der Waals surface area contributed by atoms with Crippen LogP contribution in [0.15, 0.2) is 52.3 Å². The lowest BCUT2D eigenvalue weighted by atomic mass is 10.0. The number of likely N-dealkylation sites (tertiary alicyclic amines) is 1. The van der Waals surface area contributed by atoms with Crippen molar-refractivity contribution in [1.82, 2.24) is 4.90 Å². The maximum Gasteiger partial charge on any atom is 0.254 e. The molecule has 2 N–H and O–H groups in total. The van der Waals surface area contributed by atoms with E-state index >= 15 is 0 Å². The lowest BCUT2D eigenvalue weighted by Crippen LogP contribution is -2.40. The third kappa shape index (κ3) is 2.96. The van der Waals surface area contributed by atoms with Gasteiger partial charge in [0.25, 0.3) is 5.91 Å². The van der Waals surface area contributed by atoms with Crippen molar-refractivity contribution in [2.75, 3.05) is 13.1 Å². The van der Waals surface area contributed by atoms with Gasteiger partial charge in [0.05, 0.1) is 9.79 Å². The molecule has 1 atom stereocenters. The van der Waals surface area contributed by atoms with E-state index in [9.17, 15) is 18.0 Å². The highest BCUT2D eigenvalue weighted by atomic mass is 35.5. The van der Waals surface area contributed by atoms with Crippen molar-refractivity contribution in [1.29, 1.82) is 0 Å². The predicted molar refractivity (Wildman–Crippen MR) is 102 cm³/mol. The van der Waals surface area contributed by atoms with Crippen LogP contribution in [0.25, 0.3) is 0 Å². The minimum Gasteiger partial charge on any atom is -0.334 e. The zero-order valence-electron chi connectivity index (χ0n) is 14.4. The molecule has 2 heterocycles. The smallest absolute Gasteiger partial charge is 0.254 e. The van der Waals surface area contributed by atoms with E-state index in [1.807, 2.05) is 0 Å². The molecule has 4 rings (SSSR count). The van der Waals surface area contributed by atoms with Gasteiger partial charge in [0.15, 0.2) is 5.78 Å². The number of carbonyl (C=O) groups excluding carboxylic acids is 2. The number of nitrogens with two attached hydrogens (primary N) is 1. The molecule has 1 fully saturated rings. The molecular formula is C19H19ClN2O4S. The number of rotatable bonds is 2. The van der Waals surface area contributed by atoms with E-state index in [4.69, 9.17) is 5.73 Å². The van der Waals surface area contributed by atoms with Crippen LogP contribution in [0.5, 0.6) is 0 Å². The van der Waals surface area contributed by atoms with Crippen LogP contribution in [0, 0.1) is 0 Å². The van der Waals surface area contributed by atoms with E-state index in [1.54, 1.807) is 17.0 Å². The van der Waals surface area contributed by atoms with Gasteiger partial charge in [-0.25, -0.2) is 8.42 Å². The minimum atomic E-state index is -3.85. The molecule has 142 valence electrons. The Kier molecular flexibility index (Phi) is 5.12. The van der Waals surface area contributed by atoms with Crippen molar-refractivity contribution >= 4 is 33.9 Å². The van der Waals surface area contributed by atoms with Crippen LogP contribution in [-0.4, -0.2) is 44.1 Å². The lowest BCUT2D eigenvalue weighted by Gasteiger charge is -2.24. The van der Waals surface area contributed by atoms with Crippen LogP contribution < -0.4 is 5.73 Å². The molecule has 2 aliphatic rings. The second-order valence-corrected chi connectivity index (χ2v) is 8.46. The summed E-state index contributed by atoms with van der Waals surface area (Å²) in [5, 5.41) is 0. The molecule has 0 radical (unpaired) electrons. The van der Waals surface area contributed by atoms with Gasteiger partial charge >= 0.3 is 0 Å². The molecule has 2 aromatic rings. The monoisotopic (exact) mass is 406 g/mol. The molecular weight excluding hydrogens is 388 g/mol. The number of benzene rings is 2. The van der Waals surface area contributed by atoms with Gasteiger partial charge in [-0.3, -0.25) is 9.59 Å². The van der Waals surface area contributed by atoms with E-state index in [1.165, 1.54) is 30.3 Å². The SMILES string of the molecule is Cl.NCC1CCCN1C(=O)c1ccc2c(c1)S(=O)(=O)c1ccccc1C2=O. The summed E-state index contributed by atoms with van der Waals surface area (Å²) in [7, 11) is -3.85. The standard InChI is InChI=1S/C19H18N2O4S.ClH/c20-11-13-4-3-9-21(13)19(23)12-7-8-15-17(10-12)26(24,25)16-6-2-1-5-14(16)18(15)22;/h1-2,5-8,10,13H,3-4,9,11,20H2;1H. The summed E-state index contributed by atoms with van der Waals surface area (Å²) in [6.45, 7) is 0.979. The molecule has 0 saturated carbocycles. The summed E-state index contributed by atoms with van der Waals surface area (Å²) >= 11 is 0. The molecule has 1 saturated heterocycles. The average molecular weight is 407 g/mol. The van der Waals surface area contributed by atoms with Crippen LogP contribution in [0.2, 0.25) is 0 Å². The summed E-state index contributed by atoms with van der Waals surface area (Å²) in [5.74, 6) is -0.590. The number of hydrogen-bond donors (Lipinski definition) is 1. The molecule has 1 unspecified atom stereocenters. The van der Waals surface area contributed by atoms with Gasteiger partial charge in [-0.05, 0) is 43.2 Å². The fourth-order valence-electron chi connectivity index (χ4n) is 3.73. The minimum absolute atomic E-state index is 0. The van der Waals surface area contributed by atoms with Crippen molar-refractivity contribution in [3.05, 3.63) is 59.2 Å². The molecule has 2 aromatic carbocycles. The number of ketones is 1. The molecule has 0 aromatic heterocycles. The normalized spacial score (nSPS) is 19.8. The first kappa shape index (κ1) is 19.5. The second-order valence-electron chi connectivity index (χ2n) is 6.57. The molecule has 0 bridgehead atoms. The molecule has 8 heteroatoms. The fourth-order valence-corrected chi connectivity index (χ4v) is 5.41. The third-order valence-corrected chi connectivity index (χ3v) is 6.95. The summed E-state index contributed by atoms with van der Waals surface area (Å²) < 4.78 is 25.9. The van der Waals surface area contributed by atoms with Crippen LogP contribution in [0.1, 0.15) is 39.1 Å². The zero-order valence-corrected chi connectivity index (χ0v) is 16.1. The highest BCUT2D eigenvalue weighted by Crippen LogP contribution is 2.35. The van der Waals surface area contributed by atoms with Crippen LogP contribution in [-0.2, 0) is 9.84 Å². The van der Waals surface area contributed by atoms with Crippen molar-refractivity contribution in [2.24, 2.45) is 5.73 Å². The molecule has 1 amide bonds. The number of nitrogens with zero attached hydrogens (tertiary/aromatic N) is 1. The first-order chi connectivity index (χ1) is 12.4. The Morgan fingerprint density at radius 3 is 2.56 bits per heavy atom. The molecule has 2 aliphatic heterocycles. The maximum atomic E-state index is 13.0. The van der Waals surface area contributed by atoms with Crippen molar-refractivity contribution in [3.63, 3.8) is 0 Å². The summed E-state index contributed by atoms with van der Waals surface area (Å²) in [4.78, 5) is 27.1. The Morgan fingerprint density at radius 1 is 1.11 bits per heavy atom. The van der Waals surface area contributed by atoms with Gasteiger partial charge in [-0.15, -0.1) is 12.4 Å². The Hall–Kier alpha value is -2.22. The summed E-state index contributed by atoms with van der Waals surface area (Å²) in [6.07, 6.45) is 1.72. The van der Waals surface area contributed by atoms with Gasteiger partial charge < -0.3 is 10.6 Å². The molecule has 0 spiro atoms. The Labute approximate surface area is 163 Å². The Bertz CT molecular complexity index is 1040. The number of amides is 1. The topological polar surface area (TPSA) is 97.5 Å². The van der Waals surface area contributed by atoms with Crippen LogP contribution in [0.3, 0.4) is 0 Å². The molecule has 27 heavy (non-hydrogen) atoms. The summed E-state index contributed by atoms with van der Waals surface area (Å²) in [6, 6.07) is 10.4. The van der Waals surface area contributed by atoms with E-state index in [0.717, 1.165) is 12.8 Å². The quantitative estimate of drug-likeness (QED) is 0.702. The average Bonchev–Trinajstić information content (AvgIpc) is 3.14. The number of hydrogen-bond acceptors (Lipinski definition) is 5. The van der Waals surface area contributed by atoms with Crippen molar-refractivity contribution in [3.8, 4) is 0 Å². The molecule has 0 aliphatic carbocycles. The van der Waals surface area contributed by atoms with Gasteiger partial charge in [-0.1, -0.05) is 12.1 Å². The predicted octanol–water partition coefficient (Wildman–Crippen LogP) is 2.05. The van der Waals surface area contributed by atoms with E-state index in [2.05, 4.69) is 0 Å². The first-order valence-corrected chi connectivity index (χ1v) is 9.97. The van der Waals surface area contributed by atoms with Crippen molar-refractivity contribution in [2.45, 2.75) is 28.7 Å². The highest BCUT2D eigenvalue weighted by molar-refractivity contribution is 7.91. The number of carbonyl (C=O) groups is 2. The van der Waals surface area contributed by atoms with Crippen molar-refractivity contribution < 1.29 is 18.0 Å². The summed E-state index contributed by atoms with van der Waals surface area (Å²) in [5.41, 5.74) is 6.27. The van der Waals surface area contributed by atoms with E-state index < -0.39 is 9.84 Å². The fraction of sp³-hybridized carbons (Fsp3) is 0.263. The van der Waals surface area contributed by atoms with Gasteiger partial charge in [0.2, 0.25) is 9.84 Å². The zero-order chi connectivity index (χ0) is 18.5. The Balaban J connectivity index is 0.00000210. The van der Waals surface area contributed by atoms with E-state index in [0.29, 0.717) is 13.1 Å². The van der Waals surface area contributed by atoms with Gasteiger partial charge in [-0.2, -0.15) is 0 Å². The lowest BCUT2D eigenvalue weighted by molar-refractivity contribution is 0.0740. The van der Waals surface area contributed by atoms with E-state index in [-0.39, 0.29) is 56.6 Å². The van der Waals surface area contributed by atoms with Gasteiger partial charge in [0.1, 0.15) is 0 Å². The maximum absolute atomic E-state index is 13.0. The van der Waals surface area contributed by atoms with Gasteiger partial charge in [0, 0.05) is 35.8 Å². The molecule has 6 nitrogen and oxygen atoms in total. The first-order valence-electron chi connectivity index (χ1n) is 8.49. The Morgan fingerprint density at radius 2 is 1.81 bits per heavy atom. The number of fused-ring (bicyclic) bond motifs is 2.